The van der Waals surface area contributed by atoms with E-state index in [1.165, 1.54) is 19.3 Å². The summed E-state index contributed by atoms with van der Waals surface area (Å²) in [6.45, 7) is 2.87. The number of rotatable bonds is 5. The minimum Gasteiger partial charge on any atom is -0.352 e. The van der Waals surface area contributed by atoms with Crippen molar-refractivity contribution in [1.82, 2.24) is 34.7 Å². The fraction of sp³-hybridized carbons (Fsp3) is 0.529. The fourth-order valence-electron chi connectivity index (χ4n) is 3.58. The molecule has 0 bridgehead atoms. The van der Waals surface area contributed by atoms with Crippen LogP contribution in [0, 0.1) is 0 Å². The minimum absolute atomic E-state index is 0.530. The molecule has 4 heterocycles. The second-order valence-corrected chi connectivity index (χ2v) is 7.20. The van der Waals surface area contributed by atoms with Crippen molar-refractivity contribution in [2.75, 3.05) is 25.0 Å². The molecule has 3 aromatic heterocycles. The van der Waals surface area contributed by atoms with E-state index in [0.29, 0.717) is 12.0 Å². The first kappa shape index (κ1) is 14.8. The third kappa shape index (κ3) is 2.57. The summed E-state index contributed by atoms with van der Waals surface area (Å²) in [5.41, 5.74) is 1.99. The molecule has 1 aliphatic carbocycles. The molecule has 3 aromatic rings. The Morgan fingerprint density at radius 1 is 1.24 bits per heavy atom. The molecular weight excluding hydrogens is 316 g/mol. The zero-order valence-electron chi connectivity index (χ0n) is 14.3. The minimum atomic E-state index is 0.530. The number of anilines is 1. The van der Waals surface area contributed by atoms with Crippen molar-refractivity contribution in [2.24, 2.45) is 0 Å². The van der Waals surface area contributed by atoms with Gasteiger partial charge in [-0.2, -0.15) is 4.52 Å². The van der Waals surface area contributed by atoms with E-state index in [-0.39, 0.29) is 0 Å². The number of nitrogens with one attached hydrogen (secondary N) is 1. The maximum atomic E-state index is 4.81. The van der Waals surface area contributed by atoms with E-state index in [2.05, 4.69) is 43.1 Å². The SMILES string of the molecule is CN(Cc1cnc[nH]1)C1CN(c2ccc3nnc(C4CCC4)n3n2)C1. The van der Waals surface area contributed by atoms with Crippen LogP contribution in [0.4, 0.5) is 5.82 Å². The van der Waals surface area contributed by atoms with E-state index in [9.17, 15) is 0 Å². The van der Waals surface area contributed by atoms with E-state index >= 15 is 0 Å². The lowest BCUT2D eigenvalue weighted by Crippen LogP contribution is -2.58. The van der Waals surface area contributed by atoms with Gasteiger partial charge in [0.25, 0.3) is 0 Å². The predicted molar refractivity (Wildman–Crippen MR) is 93.4 cm³/mol. The molecule has 130 valence electrons. The summed E-state index contributed by atoms with van der Waals surface area (Å²) in [7, 11) is 2.16. The lowest BCUT2D eigenvalue weighted by molar-refractivity contribution is 0.194. The maximum absolute atomic E-state index is 4.81. The number of H-pyrrole nitrogens is 1. The molecule has 0 radical (unpaired) electrons. The van der Waals surface area contributed by atoms with Gasteiger partial charge in [-0.1, -0.05) is 6.42 Å². The number of aromatic amines is 1. The number of imidazole rings is 1. The first-order valence-corrected chi connectivity index (χ1v) is 8.93. The molecule has 2 fully saturated rings. The summed E-state index contributed by atoms with van der Waals surface area (Å²) in [6.07, 6.45) is 7.31. The first-order valence-electron chi connectivity index (χ1n) is 8.93. The Bertz CT molecular complexity index is 860. The normalized spacial score (nSPS) is 18.7. The number of likely N-dealkylation sites (N-methyl/N-ethyl adjacent to an activating group) is 1. The van der Waals surface area contributed by atoms with Crippen LogP contribution in [0.15, 0.2) is 24.7 Å². The summed E-state index contributed by atoms with van der Waals surface area (Å²) in [5.74, 6) is 2.57. The van der Waals surface area contributed by atoms with Crippen LogP contribution in [0.5, 0.6) is 0 Å². The number of hydrogen-bond acceptors (Lipinski definition) is 6. The average molecular weight is 338 g/mol. The van der Waals surface area contributed by atoms with Crippen molar-refractivity contribution in [1.29, 1.82) is 0 Å². The van der Waals surface area contributed by atoms with Gasteiger partial charge in [0, 0.05) is 43.5 Å². The molecule has 0 unspecified atom stereocenters. The van der Waals surface area contributed by atoms with Gasteiger partial charge in [0.1, 0.15) is 5.82 Å². The molecule has 5 rings (SSSR count). The highest BCUT2D eigenvalue weighted by molar-refractivity contribution is 5.48. The fourth-order valence-corrected chi connectivity index (χ4v) is 3.58. The third-order valence-corrected chi connectivity index (χ3v) is 5.53. The van der Waals surface area contributed by atoms with Crippen molar-refractivity contribution in [2.45, 2.75) is 37.8 Å². The van der Waals surface area contributed by atoms with Crippen LogP contribution >= 0.6 is 0 Å². The van der Waals surface area contributed by atoms with Crippen LogP contribution in [0.3, 0.4) is 0 Å². The quantitative estimate of drug-likeness (QED) is 0.758. The molecule has 1 aliphatic heterocycles. The Balaban J connectivity index is 1.28. The molecule has 1 N–H and O–H groups in total. The monoisotopic (exact) mass is 338 g/mol. The number of fused-ring (bicyclic) bond motifs is 1. The Hall–Kier alpha value is -2.48. The van der Waals surface area contributed by atoms with Gasteiger partial charge in [0.05, 0.1) is 6.33 Å². The number of aromatic nitrogens is 6. The van der Waals surface area contributed by atoms with Crippen molar-refractivity contribution in [3.05, 3.63) is 36.2 Å². The van der Waals surface area contributed by atoms with Gasteiger partial charge < -0.3 is 9.88 Å². The Labute approximate surface area is 145 Å². The Morgan fingerprint density at radius 3 is 2.84 bits per heavy atom. The van der Waals surface area contributed by atoms with Gasteiger partial charge in [0.2, 0.25) is 0 Å². The highest BCUT2D eigenvalue weighted by atomic mass is 15.4. The largest absolute Gasteiger partial charge is 0.352 e. The Kier molecular flexibility index (Phi) is 3.44. The number of nitrogens with zero attached hydrogens (tertiary/aromatic N) is 7. The van der Waals surface area contributed by atoms with Crippen LogP contribution in [0.2, 0.25) is 0 Å². The summed E-state index contributed by atoms with van der Waals surface area (Å²) >= 11 is 0. The predicted octanol–water partition coefficient (Wildman–Crippen LogP) is 1.44. The molecule has 0 atom stereocenters. The van der Waals surface area contributed by atoms with Crippen LogP contribution in [-0.4, -0.2) is 60.9 Å². The average Bonchev–Trinajstić information content (AvgIpc) is 3.14. The van der Waals surface area contributed by atoms with Gasteiger partial charge >= 0.3 is 0 Å². The van der Waals surface area contributed by atoms with E-state index in [0.717, 1.165) is 42.6 Å². The summed E-state index contributed by atoms with van der Waals surface area (Å²) < 4.78 is 1.95. The summed E-state index contributed by atoms with van der Waals surface area (Å²) in [5, 5.41) is 13.4. The molecular formula is C17H22N8. The van der Waals surface area contributed by atoms with E-state index < -0.39 is 0 Å². The van der Waals surface area contributed by atoms with Crippen molar-refractivity contribution in [3.63, 3.8) is 0 Å². The van der Waals surface area contributed by atoms with Crippen LogP contribution < -0.4 is 4.90 Å². The Morgan fingerprint density at radius 2 is 2.12 bits per heavy atom. The zero-order valence-corrected chi connectivity index (χ0v) is 14.3. The van der Waals surface area contributed by atoms with Crippen LogP contribution in [0.25, 0.3) is 5.65 Å². The van der Waals surface area contributed by atoms with E-state index in [1.807, 2.05) is 16.8 Å². The lowest BCUT2D eigenvalue weighted by Gasteiger charge is -2.44. The van der Waals surface area contributed by atoms with Gasteiger partial charge in [-0.25, -0.2) is 4.98 Å². The molecule has 25 heavy (non-hydrogen) atoms. The van der Waals surface area contributed by atoms with Crippen LogP contribution in [-0.2, 0) is 6.54 Å². The molecule has 0 aromatic carbocycles. The lowest BCUT2D eigenvalue weighted by atomic mass is 9.85. The van der Waals surface area contributed by atoms with Gasteiger partial charge in [-0.15, -0.1) is 15.3 Å². The molecule has 1 saturated carbocycles. The second kappa shape index (κ2) is 5.80. The molecule has 8 heteroatoms. The molecule has 0 amide bonds. The van der Waals surface area contributed by atoms with Gasteiger partial charge in [-0.3, -0.25) is 4.90 Å². The van der Waals surface area contributed by atoms with E-state index in [4.69, 9.17) is 5.10 Å². The number of hydrogen-bond donors (Lipinski definition) is 1. The van der Waals surface area contributed by atoms with Crippen LogP contribution in [0.1, 0.15) is 36.7 Å². The highest BCUT2D eigenvalue weighted by Crippen LogP contribution is 2.35. The third-order valence-electron chi connectivity index (χ3n) is 5.53. The smallest absolute Gasteiger partial charge is 0.178 e. The zero-order chi connectivity index (χ0) is 16.8. The second-order valence-electron chi connectivity index (χ2n) is 7.20. The van der Waals surface area contributed by atoms with Gasteiger partial charge in [-0.05, 0) is 32.0 Å². The first-order chi connectivity index (χ1) is 12.3. The standard InChI is InChI=1S/C17H22N8/c1-23(8-13-7-18-11-19-13)14-9-24(10-14)16-6-5-15-20-21-17(25(15)22-16)12-3-2-4-12/h5-7,11-12,14H,2-4,8-10H2,1H3,(H,18,19). The molecule has 2 aliphatic rings. The maximum Gasteiger partial charge on any atom is 0.178 e. The van der Waals surface area contributed by atoms with Crippen molar-refractivity contribution >= 4 is 11.5 Å². The van der Waals surface area contributed by atoms with E-state index in [1.54, 1.807) is 6.33 Å². The highest BCUT2D eigenvalue weighted by Gasteiger charge is 2.32. The summed E-state index contributed by atoms with van der Waals surface area (Å²) in [6, 6.07) is 4.62. The summed E-state index contributed by atoms with van der Waals surface area (Å²) in [4.78, 5) is 11.9. The molecule has 0 spiro atoms. The topological polar surface area (TPSA) is 78.2 Å². The molecule has 1 saturated heterocycles. The van der Waals surface area contributed by atoms with Gasteiger partial charge in [0.15, 0.2) is 11.5 Å². The molecule has 8 nitrogen and oxygen atoms in total. The van der Waals surface area contributed by atoms with Crippen molar-refractivity contribution < 1.29 is 0 Å². The van der Waals surface area contributed by atoms with Crippen molar-refractivity contribution in [3.8, 4) is 0 Å².